The molecule has 2 amide bonds. The zero-order chi connectivity index (χ0) is 14.0. The Morgan fingerprint density at radius 3 is 2.84 bits per heavy atom. The Bertz CT molecular complexity index is 521. The fourth-order valence-electron chi connectivity index (χ4n) is 1.99. The lowest BCUT2D eigenvalue weighted by molar-refractivity contribution is -0.129. The maximum Gasteiger partial charge on any atom is 0.255 e. The maximum absolute atomic E-state index is 12.5. The number of carbonyl (C=O) groups excluding carboxylic acids is 2. The van der Waals surface area contributed by atoms with Crippen LogP contribution in [0.15, 0.2) is 22.7 Å². The standard InChI is InChI=1S/C13H14BrIN2O2/c1-16-5-2-6-17(8-12(16)18)13(19)10-7-9(15)3-4-11(10)14/h3-4,7H,2,5-6,8H2,1H3. The first-order chi connectivity index (χ1) is 8.99. The summed E-state index contributed by atoms with van der Waals surface area (Å²) < 4.78 is 1.77. The molecule has 1 aliphatic rings. The number of carbonyl (C=O) groups is 2. The van der Waals surface area contributed by atoms with Crippen molar-refractivity contribution in [2.45, 2.75) is 6.42 Å². The second-order valence-corrected chi connectivity index (χ2v) is 6.62. The van der Waals surface area contributed by atoms with Crippen molar-refractivity contribution in [1.82, 2.24) is 9.80 Å². The summed E-state index contributed by atoms with van der Waals surface area (Å²) in [6, 6.07) is 5.63. The van der Waals surface area contributed by atoms with Crippen molar-refractivity contribution in [2.75, 3.05) is 26.7 Å². The van der Waals surface area contributed by atoms with Crippen LogP contribution in [0, 0.1) is 3.57 Å². The van der Waals surface area contributed by atoms with Crippen LogP contribution in [0.3, 0.4) is 0 Å². The van der Waals surface area contributed by atoms with Gasteiger partial charge in [-0.15, -0.1) is 0 Å². The van der Waals surface area contributed by atoms with Gasteiger partial charge in [-0.25, -0.2) is 0 Å². The van der Waals surface area contributed by atoms with Gasteiger partial charge in [-0.1, -0.05) is 0 Å². The number of hydrogen-bond donors (Lipinski definition) is 0. The number of hydrogen-bond acceptors (Lipinski definition) is 2. The van der Waals surface area contributed by atoms with Crippen LogP contribution in [0.25, 0.3) is 0 Å². The van der Waals surface area contributed by atoms with Gasteiger partial charge in [-0.3, -0.25) is 9.59 Å². The molecular weight excluding hydrogens is 423 g/mol. The quantitative estimate of drug-likeness (QED) is 0.634. The molecule has 6 heteroatoms. The van der Waals surface area contributed by atoms with E-state index in [1.165, 1.54) is 0 Å². The Hall–Kier alpha value is -0.630. The Balaban J connectivity index is 2.23. The average Bonchev–Trinajstić information content (AvgIpc) is 2.54. The lowest BCUT2D eigenvalue weighted by Crippen LogP contribution is -2.38. The summed E-state index contributed by atoms with van der Waals surface area (Å²) in [5, 5.41) is 0. The van der Waals surface area contributed by atoms with Gasteiger partial charge in [0.05, 0.1) is 5.56 Å². The summed E-state index contributed by atoms with van der Waals surface area (Å²) in [7, 11) is 1.78. The smallest absolute Gasteiger partial charge is 0.255 e. The molecule has 1 fully saturated rings. The molecule has 1 saturated heterocycles. The molecule has 0 spiro atoms. The molecule has 0 saturated carbocycles. The zero-order valence-corrected chi connectivity index (χ0v) is 14.3. The number of nitrogens with zero attached hydrogens (tertiary/aromatic N) is 2. The Kier molecular flexibility index (Phi) is 4.83. The molecule has 0 atom stereocenters. The first kappa shape index (κ1) is 14.8. The summed E-state index contributed by atoms with van der Waals surface area (Å²) in [5.74, 6) is -0.0957. The average molecular weight is 437 g/mol. The maximum atomic E-state index is 12.5. The van der Waals surface area contributed by atoms with E-state index in [0.717, 1.165) is 14.5 Å². The third kappa shape index (κ3) is 3.47. The van der Waals surface area contributed by atoms with Gasteiger partial charge in [-0.2, -0.15) is 0 Å². The minimum absolute atomic E-state index is 0.00685. The molecular formula is C13H14BrIN2O2. The molecule has 102 valence electrons. The van der Waals surface area contributed by atoms with Crippen molar-refractivity contribution in [3.8, 4) is 0 Å². The predicted molar refractivity (Wildman–Crippen MR) is 85.0 cm³/mol. The van der Waals surface area contributed by atoms with Gasteiger partial charge >= 0.3 is 0 Å². The summed E-state index contributed by atoms with van der Waals surface area (Å²) >= 11 is 5.57. The molecule has 0 N–H and O–H groups in total. The van der Waals surface area contributed by atoms with Crippen molar-refractivity contribution < 1.29 is 9.59 Å². The third-order valence-electron chi connectivity index (χ3n) is 3.12. The van der Waals surface area contributed by atoms with E-state index in [1.807, 2.05) is 18.2 Å². The molecule has 0 aliphatic carbocycles. The molecule has 0 radical (unpaired) electrons. The SMILES string of the molecule is CN1CCCN(C(=O)c2cc(I)ccc2Br)CC1=O. The molecule has 0 aromatic heterocycles. The minimum Gasteiger partial charge on any atom is -0.344 e. The highest BCUT2D eigenvalue weighted by Crippen LogP contribution is 2.21. The van der Waals surface area contributed by atoms with E-state index in [-0.39, 0.29) is 18.4 Å². The Labute approximate surface area is 134 Å². The number of rotatable bonds is 1. The van der Waals surface area contributed by atoms with Gasteiger partial charge in [0, 0.05) is 28.2 Å². The zero-order valence-electron chi connectivity index (χ0n) is 10.5. The minimum atomic E-state index is -0.0889. The van der Waals surface area contributed by atoms with Crippen LogP contribution in [0.2, 0.25) is 0 Å². The van der Waals surface area contributed by atoms with Crippen LogP contribution in [0.5, 0.6) is 0 Å². The second-order valence-electron chi connectivity index (χ2n) is 4.52. The Morgan fingerprint density at radius 2 is 2.11 bits per heavy atom. The summed E-state index contributed by atoms with van der Waals surface area (Å²) in [4.78, 5) is 27.6. The van der Waals surface area contributed by atoms with Crippen LogP contribution in [-0.4, -0.2) is 48.3 Å². The lowest BCUT2D eigenvalue weighted by atomic mass is 10.2. The van der Waals surface area contributed by atoms with E-state index in [4.69, 9.17) is 0 Å². The highest BCUT2D eigenvalue weighted by atomic mass is 127. The second kappa shape index (κ2) is 6.21. The van der Waals surface area contributed by atoms with Crippen LogP contribution in [-0.2, 0) is 4.79 Å². The summed E-state index contributed by atoms with van der Waals surface area (Å²) in [5.41, 5.74) is 0.615. The molecule has 0 unspecified atom stereocenters. The van der Waals surface area contributed by atoms with Gasteiger partial charge in [-0.05, 0) is 63.1 Å². The molecule has 2 rings (SSSR count). The van der Waals surface area contributed by atoms with Gasteiger partial charge < -0.3 is 9.80 Å². The van der Waals surface area contributed by atoms with E-state index in [1.54, 1.807) is 16.8 Å². The van der Waals surface area contributed by atoms with Crippen molar-refractivity contribution in [3.05, 3.63) is 31.8 Å². The monoisotopic (exact) mass is 436 g/mol. The lowest BCUT2D eigenvalue weighted by Gasteiger charge is -2.20. The third-order valence-corrected chi connectivity index (χ3v) is 4.48. The van der Waals surface area contributed by atoms with E-state index < -0.39 is 0 Å². The first-order valence-corrected chi connectivity index (χ1v) is 7.84. The molecule has 1 aliphatic heterocycles. The molecule has 1 aromatic carbocycles. The van der Waals surface area contributed by atoms with E-state index in [0.29, 0.717) is 18.7 Å². The molecule has 1 heterocycles. The molecule has 0 bridgehead atoms. The first-order valence-electron chi connectivity index (χ1n) is 5.97. The topological polar surface area (TPSA) is 40.6 Å². The van der Waals surface area contributed by atoms with E-state index in [2.05, 4.69) is 38.5 Å². The molecule has 1 aromatic rings. The number of amides is 2. The van der Waals surface area contributed by atoms with Crippen LogP contribution >= 0.6 is 38.5 Å². The fraction of sp³-hybridized carbons (Fsp3) is 0.385. The summed E-state index contributed by atoms with van der Waals surface area (Å²) in [6.07, 6.45) is 0.815. The van der Waals surface area contributed by atoms with Crippen molar-refractivity contribution in [3.63, 3.8) is 0 Å². The normalized spacial score (nSPS) is 16.5. The van der Waals surface area contributed by atoms with E-state index in [9.17, 15) is 9.59 Å². The van der Waals surface area contributed by atoms with Crippen molar-refractivity contribution in [1.29, 1.82) is 0 Å². The number of halogens is 2. The van der Waals surface area contributed by atoms with Crippen LogP contribution < -0.4 is 0 Å². The van der Waals surface area contributed by atoms with Crippen LogP contribution in [0.1, 0.15) is 16.8 Å². The largest absolute Gasteiger partial charge is 0.344 e. The van der Waals surface area contributed by atoms with Gasteiger partial charge in [0.15, 0.2) is 0 Å². The fourth-order valence-corrected chi connectivity index (χ4v) is 2.90. The highest BCUT2D eigenvalue weighted by molar-refractivity contribution is 14.1. The highest BCUT2D eigenvalue weighted by Gasteiger charge is 2.24. The van der Waals surface area contributed by atoms with Gasteiger partial charge in [0.2, 0.25) is 5.91 Å². The van der Waals surface area contributed by atoms with Gasteiger partial charge in [0.25, 0.3) is 5.91 Å². The Morgan fingerprint density at radius 1 is 1.37 bits per heavy atom. The van der Waals surface area contributed by atoms with Crippen LogP contribution in [0.4, 0.5) is 0 Å². The van der Waals surface area contributed by atoms with E-state index >= 15 is 0 Å². The number of benzene rings is 1. The van der Waals surface area contributed by atoms with Gasteiger partial charge in [0.1, 0.15) is 6.54 Å². The molecule has 19 heavy (non-hydrogen) atoms. The predicted octanol–water partition coefficient (Wildman–Crippen LogP) is 2.36. The summed E-state index contributed by atoms with van der Waals surface area (Å²) in [6.45, 7) is 1.48. The van der Waals surface area contributed by atoms with Crippen molar-refractivity contribution >= 4 is 50.3 Å². The van der Waals surface area contributed by atoms with Crippen molar-refractivity contribution in [2.24, 2.45) is 0 Å². The number of likely N-dealkylation sites (N-methyl/N-ethyl adjacent to an activating group) is 1. The molecule has 4 nitrogen and oxygen atoms in total.